The first-order valence-electron chi connectivity index (χ1n) is 13.1. The van der Waals surface area contributed by atoms with Gasteiger partial charge in [-0.3, -0.25) is 0 Å². The summed E-state index contributed by atoms with van der Waals surface area (Å²) in [6.07, 6.45) is 6.14. The maximum absolute atomic E-state index is 5.99. The summed E-state index contributed by atoms with van der Waals surface area (Å²) in [5, 5.41) is 7.68. The number of piperidine rings is 1. The van der Waals surface area contributed by atoms with E-state index in [4.69, 9.17) is 5.73 Å². The van der Waals surface area contributed by atoms with E-state index >= 15 is 0 Å². The molecule has 2 saturated carbocycles. The van der Waals surface area contributed by atoms with Crippen molar-refractivity contribution < 1.29 is 0 Å². The normalized spacial score (nSPS) is 30.1. The summed E-state index contributed by atoms with van der Waals surface area (Å²) in [4.78, 5) is 4.61. The molecule has 1 aromatic heterocycles. The smallest absolute Gasteiger partial charge is 0.124 e. The van der Waals surface area contributed by atoms with Crippen molar-refractivity contribution in [2.45, 2.75) is 50.1 Å². The second-order valence-corrected chi connectivity index (χ2v) is 10.6. The third-order valence-corrected chi connectivity index (χ3v) is 8.60. The molecule has 0 spiro atoms. The lowest BCUT2D eigenvalue weighted by molar-refractivity contribution is 0.221. The standard InChI is InChI=1S/C30H36N4/c31-29-12-6-11-28(33-29)24-10-5-4-9-21(24)13-14-23-17-22(20-7-2-1-3-8-20)15-16-27(23)34-30-25-18-32-19-26(25)30/h1-12,22-23,25-27,30,32,34H,13-19H2,(H2,31,33). The molecule has 1 aliphatic heterocycles. The van der Waals surface area contributed by atoms with Crippen molar-refractivity contribution in [1.82, 2.24) is 15.6 Å². The van der Waals surface area contributed by atoms with Crippen LogP contribution >= 0.6 is 0 Å². The van der Waals surface area contributed by atoms with E-state index in [-0.39, 0.29) is 0 Å². The van der Waals surface area contributed by atoms with Crippen molar-refractivity contribution >= 4 is 5.82 Å². The van der Waals surface area contributed by atoms with Gasteiger partial charge in [-0.1, -0.05) is 60.7 Å². The number of nitrogens with one attached hydrogen (secondary N) is 2. The number of aryl methyl sites for hydroxylation is 1. The molecule has 2 aliphatic carbocycles. The molecule has 2 heterocycles. The number of rotatable bonds is 7. The van der Waals surface area contributed by atoms with Gasteiger partial charge < -0.3 is 16.4 Å². The molecule has 4 heteroatoms. The van der Waals surface area contributed by atoms with Crippen LogP contribution in [0.25, 0.3) is 11.3 Å². The van der Waals surface area contributed by atoms with Crippen molar-refractivity contribution in [3.8, 4) is 11.3 Å². The van der Waals surface area contributed by atoms with E-state index in [1.54, 1.807) is 0 Å². The lowest BCUT2D eigenvalue weighted by atomic mass is 9.73. The molecule has 6 rings (SSSR count). The van der Waals surface area contributed by atoms with E-state index in [0.717, 1.165) is 30.0 Å². The zero-order chi connectivity index (χ0) is 22.9. The first kappa shape index (κ1) is 21.8. The van der Waals surface area contributed by atoms with Crippen LogP contribution in [-0.2, 0) is 6.42 Å². The van der Waals surface area contributed by atoms with Crippen LogP contribution in [-0.4, -0.2) is 30.2 Å². The third kappa shape index (κ3) is 4.49. The monoisotopic (exact) mass is 452 g/mol. The summed E-state index contributed by atoms with van der Waals surface area (Å²) in [7, 11) is 0. The molecule has 176 valence electrons. The van der Waals surface area contributed by atoms with Gasteiger partial charge in [0.2, 0.25) is 0 Å². The number of fused-ring (bicyclic) bond motifs is 1. The van der Waals surface area contributed by atoms with Crippen molar-refractivity contribution in [3.63, 3.8) is 0 Å². The van der Waals surface area contributed by atoms with Crippen LogP contribution in [0.5, 0.6) is 0 Å². The number of hydrogen-bond donors (Lipinski definition) is 3. The van der Waals surface area contributed by atoms with Crippen LogP contribution in [0.4, 0.5) is 5.82 Å². The Morgan fingerprint density at radius 3 is 2.50 bits per heavy atom. The molecule has 3 fully saturated rings. The minimum absolute atomic E-state index is 0.582. The molecule has 34 heavy (non-hydrogen) atoms. The Hall–Kier alpha value is -2.69. The predicted octanol–water partition coefficient (Wildman–Crippen LogP) is 5.02. The van der Waals surface area contributed by atoms with Crippen LogP contribution in [0.2, 0.25) is 0 Å². The molecule has 5 atom stereocenters. The van der Waals surface area contributed by atoms with Crippen LogP contribution in [0.1, 0.15) is 42.7 Å². The Bertz CT molecular complexity index is 1100. The Morgan fingerprint density at radius 1 is 0.882 bits per heavy atom. The maximum Gasteiger partial charge on any atom is 0.124 e. The summed E-state index contributed by atoms with van der Waals surface area (Å²) in [5.41, 5.74) is 11.1. The highest BCUT2D eigenvalue weighted by Crippen LogP contribution is 2.45. The number of nitrogens with zero attached hydrogens (tertiary/aromatic N) is 1. The summed E-state index contributed by atoms with van der Waals surface area (Å²) >= 11 is 0. The number of anilines is 1. The fraction of sp³-hybridized carbons (Fsp3) is 0.433. The Labute approximate surface area is 203 Å². The highest BCUT2D eigenvalue weighted by atomic mass is 15.1. The van der Waals surface area contributed by atoms with Crippen molar-refractivity contribution in [3.05, 3.63) is 83.9 Å². The first-order chi connectivity index (χ1) is 16.8. The maximum atomic E-state index is 5.99. The molecule has 0 bridgehead atoms. The molecule has 3 aromatic rings. The van der Waals surface area contributed by atoms with E-state index in [0.29, 0.717) is 23.7 Å². The van der Waals surface area contributed by atoms with E-state index < -0.39 is 0 Å². The lowest BCUT2D eigenvalue weighted by Gasteiger charge is -2.38. The summed E-state index contributed by atoms with van der Waals surface area (Å²) < 4.78 is 0. The van der Waals surface area contributed by atoms with E-state index in [2.05, 4.69) is 76.3 Å². The molecular formula is C30H36N4. The molecule has 4 nitrogen and oxygen atoms in total. The molecule has 2 aromatic carbocycles. The Balaban J connectivity index is 1.20. The average molecular weight is 453 g/mol. The third-order valence-electron chi connectivity index (χ3n) is 8.60. The van der Waals surface area contributed by atoms with Gasteiger partial charge >= 0.3 is 0 Å². The van der Waals surface area contributed by atoms with Gasteiger partial charge in [0.15, 0.2) is 0 Å². The number of benzene rings is 2. The number of nitrogen functional groups attached to an aromatic ring is 1. The predicted molar refractivity (Wildman–Crippen MR) is 139 cm³/mol. The number of aromatic nitrogens is 1. The second kappa shape index (κ2) is 9.52. The molecule has 0 radical (unpaired) electrons. The summed E-state index contributed by atoms with van der Waals surface area (Å²) in [6.45, 7) is 2.40. The molecule has 5 unspecified atom stereocenters. The average Bonchev–Trinajstić information content (AvgIpc) is 3.28. The van der Waals surface area contributed by atoms with E-state index in [1.807, 2.05) is 12.1 Å². The van der Waals surface area contributed by atoms with E-state index in [1.165, 1.54) is 55.5 Å². The van der Waals surface area contributed by atoms with Gasteiger partial charge in [-0.2, -0.15) is 0 Å². The zero-order valence-electron chi connectivity index (χ0n) is 19.9. The van der Waals surface area contributed by atoms with Crippen LogP contribution in [0, 0.1) is 17.8 Å². The van der Waals surface area contributed by atoms with Gasteiger partial charge in [0.25, 0.3) is 0 Å². The number of pyridine rings is 1. The van der Waals surface area contributed by atoms with Gasteiger partial charge in [0.1, 0.15) is 5.82 Å². The largest absolute Gasteiger partial charge is 0.384 e. The van der Waals surface area contributed by atoms with E-state index in [9.17, 15) is 0 Å². The molecular weight excluding hydrogens is 416 g/mol. The highest BCUT2D eigenvalue weighted by molar-refractivity contribution is 5.65. The summed E-state index contributed by atoms with van der Waals surface area (Å²) in [5.74, 6) is 3.68. The van der Waals surface area contributed by atoms with Gasteiger partial charge in [-0.25, -0.2) is 4.98 Å². The van der Waals surface area contributed by atoms with Crippen molar-refractivity contribution in [2.75, 3.05) is 18.8 Å². The minimum atomic E-state index is 0.582. The topological polar surface area (TPSA) is 63.0 Å². The van der Waals surface area contributed by atoms with Crippen molar-refractivity contribution in [2.24, 2.45) is 17.8 Å². The second-order valence-electron chi connectivity index (χ2n) is 10.6. The van der Waals surface area contributed by atoms with Gasteiger partial charge in [0.05, 0.1) is 5.69 Å². The molecule has 3 aliphatic rings. The number of nitrogens with two attached hydrogens (primary N) is 1. The van der Waals surface area contributed by atoms with Gasteiger partial charge in [-0.15, -0.1) is 0 Å². The van der Waals surface area contributed by atoms with Gasteiger partial charge in [0, 0.05) is 17.6 Å². The van der Waals surface area contributed by atoms with Crippen LogP contribution < -0.4 is 16.4 Å². The van der Waals surface area contributed by atoms with Gasteiger partial charge in [-0.05, 0) is 92.1 Å². The minimum Gasteiger partial charge on any atom is -0.384 e. The number of hydrogen-bond acceptors (Lipinski definition) is 4. The quantitative estimate of drug-likeness (QED) is 0.471. The van der Waals surface area contributed by atoms with Crippen molar-refractivity contribution in [1.29, 1.82) is 0 Å². The Kier molecular flexibility index (Phi) is 6.11. The van der Waals surface area contributed by atoms with Crippen LogP contribution in [0.3, 0.4) is 0 Å². The lowest BCUT2D eigenvalue weighted by Crippen LogP contribution is -2.44. The first-order valence-corrected chi connectivity index (χ1v) is 13.1. The molecule has 4 N–H and O–H groups in total. The fourth-order valence-corrected chi connectivity index (χ4v) is 6.67. The molecule has 1 saturated heterocycles. The van der Waals surface area contributed by atoms with Crippen LogP contribution in [0.15, 0.2) is 72.8 Å². The zero-order valence-corrected chi connectivity index (χ0v) is 19.9. The SMILES string of the molecule is Nc1cccc(-c2ccccc2CCC2CC(c3ccccc3)CCC2NC2C3CNCC32)n1. The molecule has 0 amide bonds. The Morgan fingerprint density at radius 2 is 1.68 bits per heavy atom. The summed E-state index contributed by atoms with van der Waals surface area (Å²) in [6, 6.07) is 27.2. The highest BCUT2D eigenvalue weighted by Gasteiger charge is 2.53. The fourth-order valence-electron chi connectivity index (χ4n) is 6.67.